The third-order valence-electron chi connectivity index (χ3n) is 3.56. The van der Waals surface area contributed by atoms with E-state index in [9.17, 15) is 22.8 Å². The average molecular weight is 362 g/mol. The quantitative estimate of drug-likeness (QED) is 0.416. The maximum Gasteiger partial charge on any atom is 0.416 e. The van der Waals surface area contributed by atoms with E-state index in [0.717, 1.165) is 12.1 Å². The summed E-state index contributed by atoms with van der Waals surface area (Å²) in [5.41, 5.74) is 0.116. The molecular formula is C20H17F3O3. The Kier molecular flexibility index (Phi) is 6.33. The van der Waals surface area contributed by atoms with Gasteiger partial charge in [0.15, 0.2) is 5.78 Å². The molecule has 2 aromatic rings. The third kappa shape index (κ3) is 5.31. The standard InChI is InChI=1S/C20H17F3O3/c1-2-26-19(25)16(13-18(24)15-6-4-3-5-7-15)12-14-8-10-17(11-9-14)20(21,22)23/h3-12H,2,13H2,1H3/b16-12+. The van der Waals surface area contributed by atoms with Crippen LogP contribution in [0.5, 0.6) is 0 Å². The number of rotatable bonds is 6. The van der Waals surface area contributed by atoms with E-state index in [1.807, 2.05) is 0 Å². The van der Waals surface area contributed by atoms with Gasteiger partial charge in [0.2, 0.25) is 0 Å². The first-order valence-electron chi connectivity index (χ1n) is 7.94. The molecule has 0 N–H and O–H groups in total. The number of ether oxygens (including phenoxy) is 1. The smallest absolute Gasteiger partial charge is 0.416 e. The number of alkyl halides is 3. The number of carbonyl (C=O) groups excluding carboxylic acids is 2. The highest BCUT2D eigenvalue weighted by Crippen LogP contribution is 2.29. The Morgan fingerprint density at radius 1 is 1.00 bits per heavy atom. The van der Waals surface area contributed by atoms with Crippen molar-refractivity contribution in [1.82, 2.24) is 0 Å². The van der Waals surface area contributed by atoms with E-state index < -0.39 is 17.7 Å². The highest BCUT2D eigenvalue weighted by atomic mass is 19.4. The van der Waals surface area contributed by atoms with Gasteiger partial charge in [0, 0.05) is 17.6 Å². The normalized spacial score (nSPS) is 11.9. The predicted molar refractivity (Wildman–Crippen MR) is 91.4 cm³/mol. The molecule has 0 aliphatic heterocycles. The highest BCUT2D eigenvalue weighted by molar-refractivity contribution is 6.05. The molecule has 3 nitrogen and oxygen atoms in total. The minimum Gasteiger partial charge on any atom is -0.463 e. The van der Waals surface area contributed by atoms with Gasteiger partial charge in [0.25, 0.3) is 0 Å². The largest absolute Gasteiger partial charge is 0.463 e. The summed E-state index contributed by atoms with van der Waals surface area (Å²) in [6.07, 6.45) is -3.27. The fraction of sp³-hybridized carbons (Fsp3) is 0.200. The van der Waals surface area contributed by atoms with Gasteiger partial charge in [-0.15, -0.1) is 0 Å². The summed E-state index contributed by atoms with van der Waals surface area (Å²) in [7, 11) is 0. The average Bonchev–Trinajstić information content (AvgIpc) is 2.61. The van der Waals surface area contributed by atoms with Crippen LogP contribution in [0.3, 0.4) is 0 Å². The third-order valence-corrected chi connectivity index (χ3v) is 3.56. The molecular weight excluding hydrogens is 345 g/mol. The number of esters is 1. The molecule has 0 fully saturated rings. The molecule has 6 heteroatoms. The monoisotopic (exact) mass is 362 g/mol. The lowest BCUT2D eigenvalue weighted by Crippen LogP contribution is -2.12. The van der Waals surface area contributed by atoms with Crippen LogP contribution in [0, 0.1) is 0 Å². The number of Topliss-reactive ketones (excluding diaryl/α,β-unsaturated/α-hetero) is 1. The lowest BCUT2D eigenvalue weighted by molar-refractivity contribution is -0.139. The molecule has 0 atom stereocenters. The molecule has 0 unspecified atom stereocenters. The minimum atomic E-state index is -4.44. The van der Waals surface area contributed by atoms with Gasteiger partial charge in [0.1, 0.15) is 0 Å². The molecule has 0 aromatic heterocycles. The summed E-state index contributed by atoms with van der Waals surface area (Å²) in [4.78, 5) is 24.5. The molecule has 0 spiro atoms. The lowest BCUT2D eigenvalue weighted by Gasteiger charge is -2.09. The topological polar surface area (TPSA) is 43.4 Å². The molecule has 0 bridgehead atoms. The summed E-state index contributed by atoms with van der Waals surface area (Å²) in [6.45, 7) is 1.76. The van der Waals surface area contributed by atoms with Crippen LogP contribution in [0.15, 0.2) is 60.2 Å². The molecule has 136 valence electrons. The van der Waals surface area contributed by atoms with Crippen LogP contribution in [0.2, 0.25) is 0 Å². The number of halogens is 3. The zero-order valence-corrected chi connectivity index (χ0v) is 14.0. The van der Waals surface area contributed by atoms with Crippen LogP contribution in [0.4, 0.5) is 13.2 Å². The first-order valence-corrected chi connectivity index (χ1v) is 7.94. The van der Waals surface area contributed by atoms with Crippen LogP contribution in [0.1, 0.15) is 34.8 Å². The molecule has 0 radical (unpaired) electrons. The van der Waals surface area contributed by atoms with Crippen LogP contribution in [-0.4, -0.2) is 18.4 Å². The number of carbonyl (C=O) groups is 2. The van der Waals surface area contributed by atoms with Gasteiger partial charge in [-0.05, 0) is 30.7 Å². The van der Waals surface area contributed by atoms with E-state index in [4.69, 9.17) is 4.74 Å². The van der Waals surface area contributed by atoms with Crippen molar-refractivity contribution in [2.75, 3.05) is 6.61 Å². The van der Waals surface area contributed by atoms with E-state index >= 15 is 0 Å². The number of hydrogen-bond donors (Lipinski definition) is 0. The summed E-state index contributed by atoms with van der Waals surface area (Å²) in [6, 6.07) is 12.8. The van der Waals surface area contributed by atoms with Crippen molar-refractivity contribution < 1.29 is 27.5 Å². The zero-order chi connectivity index (χ0) is 19.2. The lowest BCUT2D eigenvalue weighted by atomic mass is 10.0. The van der Waals surface area contributed by atoms with E-state index in [1.165, 1.54) is 18.2 Å². The molecule has 0 heterocycles. The summed E-state index contributed by atoms with van der Waals surface area (Å²) >= 11 is 0. The fourth-order valence-electron chi connectivity index (χ4n) is 2.27. The van der Waals surface area contributed by atoms with Crippen molar-refractivity contribution in [3.63, 3.8) is 0 Å². The number of hydrogen-bond acceptors (Lipinski definition) is 3. The second-order valence-corrected chi connectivity index (χ2v) is 5.48. The maximum absolute atomic E-state index is 12.6. The van der Waals surface area contributed by atoms with Crippen molar-refractivity contribution in [3.05, 3.63) is 76.9 Å². The van der Waals surface area contributed by atoms with Crippen LogP contribution in [-0.2, 0) is 15.7 Å². The van der Waals surface area contributed by atoms with Crippen molar-refractivity contribution in [3.8, 4) is 0 Å². The Bertz CT molecular complexity index is 791. The molecule has 0 aliphatic carbocycles. The summed E-state index contributed by atoms with van der Waals surface area (Å²) in [5.74, 6) is -0.950. The Hall–Kier alpha value is -2.89. The second-order valence-electron chi connectivity index (χ2n) is 5.48. The molecule has 0 saturated carbocycles. The summed E-state index contributed by atoms with van der Waals surface area (Å²) in [5, 5.41) is 0. The second kappa shape index (κ2) is 8.47. The number of ketones is 1. The molecule has 0 aliphatic rings. The van der Waals surface area contributed by atoms with Crippen molar-refractivity contribution in [1.29, 1.82) is 0 Å². The molecule has 2 rings (SSSR count). The van der Waals surface area contributed by atoms with Crippen molar-refractivity contribution in [2.45, 2.75) is 19.5 Å². The Morgan fingerprint density at radius 3 is 2.15 bits per heavy atom. The van der Waals surface area contributed by atoms with E-state index in [1.54, 1.807) is 37.3 Å². The highest BCUT2D eigenvalue weighted by Gasteiger charge is 2.29. The van der Waals surface area contributed by atoms with E-state index in [0.29, 0.717) is 11.1 Å². The molecule has 0 saturated heterocycles. The first kappa shape index (κ1) is 19.4. The van der Waals surface area contributed by atoms with Gasteiger partial charge in [-0.3, -0.25) is 4.79 Å². The Labute approximate surface area is 149 Å². The minimum absolute atomic E-state index is 0.0838. The predicted octanol–water partition coefficient (Wildman–Crippen LogP) is 4.92. The Morgan fingerprint density at radius 2 is 1.62 bits per heavy atom. The maximum atomic E-state index is 12.6. The van der Waals surface area contributed by atoms with Gasteiger partial charge in [-0.25, -0.2) is 4.79 Å². The molecule has 2 aromatic carbocycles. The van der Waals surface area contributed by atoms with Gasteiger partial charge in [0.05, 0.1) is 12.2 Å². The SMILES string of the molecule is CCOC(=O)/C(=C/c1ccc(C(F)(F)F)cc1)CC(=O)c1ccccc1. The molecule has 0 amide bonds. The zero-order valence-electron chi connectivity index (χ0n) is 14.0. The Balaban J connectivity index is 2.28. The van der Waals surface area contributed by atoms with Crippen LogP contribution in [0.25, 0.3) is 6.08 Å². The fourth-order valence-corrected chi connectivity index (χ4v) is 2.27. The molecule has 26 heavy (non-hydrogen) atoms. The summed E-state index contributed by atoms with van der Waals surface area (Å²) < 4.78 is 42.9. The van der Waals surface area contributed by atoms with Crippen molar-refractivity contribution >= 4 is 17.8 Å². The van der Waals surface area contributed by atoms with Crippen LogP contribution >= 0.6 is 0 Å². The van der Waals surface area contributed by atoms with Gasteiger partial charge in [-0.2, -0.15) is 13.2 Å². The van der Waals surface area contributed by atoms with Crippen LogP contribution < -0.4 is 0 Å². The number of benzene rings is 2. The first-order chi connectivity index (χ1) is 12.3. The van der Waals surface area contributed by atoms with Crippen molar-refractivity contribution in [2.24, 2.45) is 0 Å². The van der Waals surface area contributed by atoms with Gasteiger partial charge < -0.3 is 4.74 Å². The van der Waals surface area contributed by atoms with E-state index in [-0.39, 0.29) is 24.4 Å². The van der Waals surface area contributed by atoms with E-state index in [2.05, 4.69) is 0 Å². The van der Waals surface area contributed by atoms with Gasteiger partial charge >= 0.3 is 12.1 Å². The van der Waals surface area contributed by atoms with Gasteiger partial charge in [-0.1, -0.05) is 42.5 Å².